The van der Waals surface area contributed by atoms with Gasteiger partial charge in [0.05, 0.1) is 11.5 Å². The van der Waals surface area contributed by atoms with Gasteiger partial charge < -0.3 is 10.0 Å². The summed E-state index contributed by atoms with van der Waals surface area (Å²) in [5, 5.41) is 11.4. The Hall–Kier alpha value is -2.02. The molecular weight excluding hydrogens is 510 g/mol. The Morgan fingerprint density at radius 2 is 1.81 bits per heavy atom. The molecule has 0 bridgehead atoms. The first-order valence-corrected chi connectivity index (χ1v) is 12.7. The number of hydrogen-bond donors (Lipinski definition) is 1. The molecule has 0 aromatic heterocycles. The molecule has 1 aliphatic rings. The standard InChI is InChI=1S/C28H32Cl2F3NO2/c1-5-14-26(3)17-23(19-8-7-9-21(30)15-19)24(18-10-12-20(29)13-11-18)34(25(26)35)22(6-2)16-27(4,36)28(31,32)33/h5,7-13,15,22-24,36H,1,6,14,16-17H2,2-4H3/t22-,23+,24+,26-,27+/m0/s1. The minimum Gasteiger partial charge on any atom is -0.381 e. The van der Waals surface area contributed by atoms with Crippen molar-refractivity contribution < 1.29 is 23.1 Å². The first kappa shape index (κ1) is 28.5. The van der Waals surface area contributed by atoms with Crippen LogP contribution in [0.15, 0.2) is 61.2 Å². The molecule has 1 saturated heterocycles. The summed E-state index contributed by atoms with van der Waals surface area (Å²) in [6, 6.07) is 12.9. The van der Waals surface area contributed by atoms with Crippen molar-refractivity contribution in [2.75, 3.05) is 0 Å². The Bertz CT molecular complexity index is 1090. The van der Waals surface area contributed by atoms with E-state index in [0.29, 0.717) is 22.9 Å². The first-order valence-electron chi connectivity index (χ1n) is 12.0. The molecule has 0 radical (unpaired) electrons. The van der Waals surface area contributed by atoms with Crippen LogP contribution < -0.4 is 0 Å². The van der Waals surface area contributed by atoms with E-state index in [9.17, 15) is 23.1 Å². The van der Waals surface area contributed by atoms with Gasteiger partial charge in [-0.1, -0.05) is 67.4 Å². The number of piperidine rings is 1. The van der Waals surface area contributed by atoms with Crippen LogP contribution in [-0.4, -0.2) is 33.7 Å². The van der Waals surface area contributed by atoms with E-state index in [1.165, 1.54) is 0 Å². The lowest BCUT2D eigenvalue weighted by Gasteiger charge is -2.53. The SMILES string of the molecule is C=CC[C@@]1(C)C[C@H](c2cccc(Cl)c2)[C@@H](c2ccc(Cl)cc2)N([C@@H](CC)C[C@@](C)(O)C(F)(F)F)C1=O. The molecule has 5 atom stereocenters. The average Bonchev–Trinajstić information content (AvgIpc) is 2.79. The van der Waals surface area contributed by atoms with E-state index in [1.807, 2.05) is 25.1 Å². The maximum atomic E-state index is 14.1. The largest absolute Gasteiger partial charge is 0.416 e. The zero-order valence-corrected chi connectivity index (χ0v) is 22.2. The molecule has 2 aromatic rings. The monoisotopic (exact) mass is 541 g/mol. The minimum atomic E-state index is -4.84. The molecule has 0 aliphatic carbocycles. The van der Waals surface area contributed by atoms with Gasteiger partial charge in [0.25, 0.3) is 0 Å². The lowest BCUT2D eigenvalue weighted by atomic mass is 9.66. The number of likely N-dealkylation sites (tertiary alicyclic amines) is 1. The number of benzene rings is 2. The van der Waals surface area contributed by atoms with E-state index in [2.05, 4.69) is 6.58 Å². The molecule has 1 fully saturated rings. The third-order valence-corrected chi connectivity index (χ3v) is 7.78. The van der Waals surface area contributed by atoms with Gasteiger partial charge in [0, 0.05) is 28.4 Å². The van der Waals surface area contributed by atoms with Gasteiger partial charge in [0.2, 0.25) is 5.91 Å². The number of aliphatic hydroxyl groups is 1. The summed E-state index contributed by atoms with van der Waals surface area (Å²) < 4.78 is 41.2. The molecule has 8 heteroatoms. The van der Waals surface area contributed by atoms with Crippen molar-refractivity contribution in [2.24, 2.45) is 5.41 Å². The number of halogens is 5. The fourth-order valence-corrected chi connectivity index (χ4v) is 5.63. The van der Waals surface area contributed by atoms with Crippen LogP contribution in [0.1, 0.15) is 69.5 Å². The van der Waals surface area contributed by atoms with Gasteiger partial charge in [-0.05, 0) is 61.6 Å². The van der Waals surface area contributed by atoms with Crippen LogP contribution in [0.3, 0.4) is 0 Å². The second kappa shape index (κ2) is 10.8. The molecule has 36 heavy (non-hydrogen) atoms. The number of carbonyl (C=O) groups excluding carboxylic acids is 1. The fraction of sp³-hybridized carbons (Fsp3) is 0.464. The second-order valence-electron chi connectivity index (χ2n) is 10.2. The quantitative estimate of drug-likeness (QED) is 0.343. The summed E-state index contributed by atoms with van der Waals surface area (Å²) in [7, 11) is 0. The smallest absolute Gasteiger partial charge is 0.381 e. The number of hydrogen-bond acceptors (Lipinski definition) is 2. The van der Waals surface area contributed by atoms with Gasteiger partial charge in [-0.25, -0.2) is 0 Å². The van der Waals surface area contributed by atoms with E-state index in [1.54, 1.807) is 48.2 Å². The maximum absolute atomic E-state index is 14.1. The van der Waals surface area contributed by atoms with E-state index < -0.39 is 35.7 Å². The summed E-state index contributed by atoms with van der Waals surface area (Å²) in [6.45, 7) is 8.14. The first-order chi connectivity index (χ1) is 16.7. The van der Waals surface area contributed by atoms with Crippen LogP contribution in [-0.2, 0) is 4.79 Å². The van der Waals surface area contributed by atoms with Gasteiger partial charge in [0.1, 0.15) is 0 Å². The topological polar surface area (TPSA) is 40.5 Å². The molecule has 2 aromatic carbocycles. The van der Waals surface area contributed by atoms with Crippen molar-refractivity contribution in [3.8, 4) is 0 Å². The molecule has 1 aliphatic heterocycles. The summed E-state index contributed by atoms with van der Waals surface area (Å²) in [5.41, 5.74) is -2.22. The van der Waals surface area contributed by atoms with Crippen LogP contribution >= 0.6 is 23.2 Å². The van der Waals surface area contributed by atoms with Gasteiger partial charge in [-0.2, -0.15) is 13.2 Å². The second-order valence-corrected chi connectivity index (χ2v) is 11.0. The molecule has 1 N–H and O–H groups in total. The van der Waals surface area contributed by atoms with Crippen molar-refractivity contribution in [1.29, 1.82) is 0 Å². The van der Waals surface area contributed by atoms with E-state index in [0.717, 1.165) is 18.1 Å². The molecule has 1 amide bonds. The number of alkyl halides is 3. The Morgan fingerprint density at radius 3 is 2.33 bits per heavy atom. The van der Waals surface area contributed by atoms with Crippen molar-refractivity contribution in [1.82, 2.24) is 4.90 Å². The Labute approximate surface area is 220 Å². The number of allylic oxidation sites excluding steroid dienone is 1. The number of nitrogens with zero attached hydrogens (tertiary/aromatic N) is 1. The van der Waals surface area contributed by atoms with Crippen molar-refractivity contribution >= 4 is 29.1 Å². The number of rotatable bonds is 8. The maximum Gasteiger partial charge on any atom is 0.416 e. The van der Waals surface area contributed by atoms with Gasteiger partial charge >= 0.3 is 6.18 Å². The van der Waals surface area contributed by atoms with Crippen LogP contribution in [0.5, 0.6) is 0 Å². The predicted molar refractivity (Wildman–Crippen MR) is 138 cm³/mol. The molecule has 0 unspecified atom stereocenters. The molecule has 196 valence electrons. The molecule has 0 saturated carbocycles. The summed E-state index contributed by atoms with van der Waals surface area (Å²) >= 11 is 12.5. The zero-order valence-electron chi connectivity index (χ0n) is 20.7. The highest BCUT2D eigenvalue weighted by Crippen LogP contribution is 2.53. The third-order valence-electron chi connectivity index (χ3n) is 7.29. The van der Waals surface area contributed by atoms with Crippen molar-refractivity contribution in [3.63, 3.8) is 0 Å². The summed E-state index contributed by atoms with van der Waals surface area (Å²) in [6.07, 6.45) is -2.77. The molecule has 1 heterocycles. The summed E-state index contributed by atoms with van der Waals surface area (Å²) in [5.74, 6) is -0.525. The Morgan fingerprint density at radius 1 is 1.17 bits per heavy atom. The predicted octanol–water partition coefficient (Wildman–Crippen LogP) is 8.12. The van der Waals surface area contributed by atoms with Crippen LogP contribution in [0.2, 0.25) is 10.0 Å². The van der Waals surface area contributed by atoms with Crippen LogP contribution in [0.4, 0.5) is 13.2 Å². The van der Waals surface area contributed by atoms with E-state index >= 15 is 0 Å². The lowest BCUT2D eigenvalue weighted by molar-refractivity contribution is -0.259. The highest BCUT2D eigenvalue weighted by molar-refractivity contribution is 6.30. The molecular formula is C28H32Cl2F3NO2. The number of amides is 1. The highest BCUT2D eigenvalue weighted by Gasteiger charge is 2.55. The highest BCUT2D eigenvalue weighted by atomic mass is 35.5. The van der Waals surface area contributed by atoms with Gasteiger partial charge in [-0.3, -0.25) is 4.79 Å². The summed E-state index contributed by atoms with van der Waals surface area (Å²) in [4.78, 5) is 15.7. The number of carbonyl (C=O) groups is 1. The Balaban J connectivity index is 2.24. The van der Waals surface area contributed by atoms with E-state index in [-0.39, 0.29) is 18.2 Å². The molecule has 0 spiro atoms. The van der Waals surface area contributed by atoms with Crippen LogP contribution in [0, 0.1) is 5.41 Å². The van der Waals surface area contributed by atoms with Crippen LogP contribution in [0.25, 0.3) is 0 Å². The zero-order chi connectivity index (χ0) is 26.9. The fourth-order valence-electron chi connectivity index (χ4n) is 5.30. The lowest BCUT2D eigenvalue weighted by Crippen LogP contribution is -2.58. The van der Waals surface area contributed by atoms with Crippen molar-refractivity contribution in [3.05, 3.63) is 82.4 Å². The average molecular weight is 542 g/mol. The molecule has 3 nitrogen and oxygen atoms in total. The third kappa shape index (κ3) is 5.76. The van der Waals surface area contributed by atoms with Gasteiger partial charge in [-0.15, -0.1) is 6.58 Å². The van der Waals surface area contributed by atoms with Gasteiger partial charge in [0.15, 0.2) is 5.60 Å². The normalized spacial score (nSPS) is 25.4. The van der Waals surface area contributed by atoms with E-state index in [4.69, 9.17) is 23.2 Å². The van der Waals surface area contributed by atoms with Crippen molar-refractivity contribution in [2.45, 2.75) is 76.2 Å². The minimum absolute atomic E-state index is 0.231. The molecule has 3 rings (SSSR count). The Kier molecular flexibility index (Phi) is 8.54.